The lowest BCUT2D eigenvalue weighted by atomic mass is 10.00. The summed E-state index contributed by atoms with van der Waals surface area (Å²) in [5.41, 5.74) is 1.34. The molecular formula is C17H22N2OS. The van der Waals surface area contributed by atoms with Gasteiger partial charge in [0.2, 0.25) is 0 Å². The molecule has 1 aliphatic heterocycles. The number of carbonyl (C=O) groups excluding carboxylic acids is 1. The van der Waals surface area contributed by atoms with Crippen molar-refractivity contribution in [1.82, 2.24) is 10.2 Å². The van der Waals surface area contributed by atoms with Gasteiger partial charge in [-0.15, -0.1) is 11.3 Å². The number of fused-ring (bicyclic) bond motifs is 1. The zero-order chi connectivity index (χ0) is 14.7. The monoisotopic (exact) mass is 302 g/mol. The zero-order valence-corrected chi connectivity index (χ0v) is 13.3. The number of hydrogen-bond donors (Lipinski definition) is 1. The van der Waals surface area contributed by atoms with E-state index < -0.39 is 0 Å². The van der Waals surface area contributed by atoms with Crippen LogP contribution in [-0.4, -0.2) is 30.6 Å². The third kappa shape index (κ3) is 3.38. The number of urea groups is 1. The number of amides is 2. The Morgan fingerprint density at radius 3 is 2.90 bits per heavy atom. The van der Waals surface area contributed by atoms with Crippen LogP contribution in [0.25, 0.3) is 10.1 Å². The molecule has 1 aromatic heterocycles. The largest absolute Gasteiger partial charge is 0.338 e. The van der Waals surface area contributed by atoms with Gasteiger partial charge in [0.05, 0.1) is 0 Å². The maximum atomic E-state index is 12.1. The molecular weight excluding hydrogens is 280 g/mol. The number of nitrogens with zero attached hydrogens (tertiary/aromatic N) is 1. The van der Waals surface area contributed by atoms with Crippen molar-refractivity contribution in [1.29, 1.82) is 0 Å². The summed E-state index contributed by atoms with van der Waals surface area (Å²) in [4.78, 5) is 14.1. The van der Waals surface area contributed by atoms with E-state index in [4.69, 9.17) is 0 Å². The molecule has 0 spiro atoms. The molecule has 2 aromatic rings. The molecule has 0 radical (unpaired) electrons. The van der Waals surface area contributed by atoms with Crippen LogP contribution in [0.3, 0.4) is 0 Å². The quantitative estimate of drug-likeness (QED) is 0.916. The van der Waals surface area contributed by atoms with E-state index in [-0.39, 0.29) is 6.03 Å². The molecule has 1 aliphatic rings. The molecule has 4 heteroatoms. The maximum absolute atomic E-state index is 12.1. The van der Waals surface area contributed by atoms with Crippen LogP contribution in [-0.2, 0) is 6.42 Å². The highest BCUT2D eigenvalue weighted by molar-refractivity contribution is 7.17. The summed E-state index contributed by atoms with van der Waals surface area (Å²) < 4.78 is 1.32. The molecule has 1 aromatic carbocycles. The van der Waals surface area contributed by atoms with E-state index in [2.05, 4.69) is 41.9 Å². The highest BCUT2D eigenvalue weighted by Crippen LogP contribution is 2.25. The second-order valence-electron chi connectivity index (χ2n) is 5.91. The van der Waals surface area contributed by atoms with Crippen molar-refractivity contribution >= 4 is 27.5 Å². The first-order valence-electron chi connectivity index (χ1n) is 7.72. The number of nitrogens with one attached hydrogen (secondary N) is 1. The van der Waals surface area contributed by atoms with Crippen LogP contribution in [0.15, 0.2) is 29.6 Å². The summed E-state index contributed by atoms with van der Waals surface area (Å²) in [6.07, 6.45) is 3.16. The molecule has 21 heavy (non-hydrogen) atoms. The van der Waals surface area contributed by atoms with Crippen LogP contribution in [0, 0.1) is 5.92 Å². The third-order valence-electron chi connectivity index (χ3n) is 4.30. The van der Waals surface area contributed by atoms with Gasteiger partial charge >= 0.3 is 6.03 Å². The average Bonchev–Trinajstić information content (AvgIpc) is 2.91. The SMILES string of the molecule is CC1CCN(C(=O)NCCc2csc3ccccc23)CC1. The minimum Gasteiger partial charge on any atom is -0.338 e. The number of rotatable bonds is 3. The summed E-state index contributed by atoms with van der Waals surface area (Å²) in [6.45, 7) is 4.77. The van der Waals surface area contributed by atoms with Crippen LogP contribution in [0.2, 0.25) is 0 Å². The minimum absolute atomic E-state index is 0.0986. The lowest BCUT2D eigenvalue weighted by Gasteiger charge is -2.30. The number of thiophene rings is 1. The molecule has 112 valence electrons. The van der Waals surface area contributed by atoms with Crippen LogP contribution < -0.4 is 5.32 Å². The first-order chi connectivity index (χ1) is 10.2. The first-order valence-corrected chi connectivity index (χ1v) is 8.60. The Labute approximate surface area is 130 Å². The van der Waals surface area contributed by atoms with Crippen molar-refractivity contribution in [2.45, 2.75) is 26.2 Å². The van der Waals surface area contributed by atoms with Gasteiger partial charge in [-0.25, -0.2) is 4.79 Å². The maximum Gasteiger partial charge on any atom is 0.317 e. The predicted molar refractivity (Wildman–Crippen MR) is 88.9 cm³/mol. The van der Waals surface area contributed by atoms with Gasteiger partial charge in [-0.2, -0.15) is 0 Å². The number of likely N-dealkylation sites (tertiary alicyclic amines) is 1. The molecule has 2 amide bonds. The van der Waals surface area contributed by atoms with Crippen LogP contribution in [0.5, 0.6) is 0 Å². The van der Waals surface area contributed by atoms with Gasteiger partial charge in [-0.3, -0.25) is 0 Å². The van der Waals surface area contributed by atoms with E-state index in [0.29, 0.717) is 6.54 Å². The molecule has 3 nitrogen and oxygen atoms in total. The topological polar surface area (TPSA) is 32.3 Å². The molecule has 0 unspecified atom stereocenters. The minimum atomic E-state index is 0.0986. The van der Waals surface area contributed by atoms with Crippen molar-refractivity contribution < 1.29 is 4.79 Å². The fourth-order valence-corrected chi connectivity index (χ4v) is 3.85. The Hall–Kier alpha value is -1.55. The normalized spacial score (nSPS) is 16.3. The number of carbonyl (C=O) groups is 1. The van der Waals surface area contributed by atoms with Gasteiger partial charge < -0.3 is 10.2 Å². The first kappa shape index (κ1) is 14.4. The molecule has 1 fully saturated rings. The zero-order valence-electron chi connectivity index (χ0n) is 12.5. The standard InChI is InChI=1S/C17H22N2OS/c1-13-7-10-19(11-8-13)17(20)18-9-6-14-12-21-16-5-3-2-4-15(14)16/h2-5,12-13H,6-11H2,1H3,(H,18,20). The van der Waals surface area contributed by atoms with Gasteiger partial charge in [-0.1, -0.05) is 25.1 Å². The van der Waals surface area contributed by atoms with E-state index in [9.17, 15) is 4.79 Å². The van der Waals surface area contributed by atoms with Crippen molar-refractivity contribution in [3.05, 3.63) is 35.2 Å². The van der Waals surface area contributed by atoms with Crippen molar-refractivity contribution in [2.75, 3.05) is 19.6 Å². The lowest BCUT2D eigenvalue weighted by molar-refractivity contribution is 0.174. The van der Waals surface area contributed by atoms with E-state index >= 15 is 0 Å². The summed E-state index contributed by atoms with van der Waals surface area (Å²) >= 11 is 1.78. The molecule has 0 saturated carbocycles. The van der Waals surface area contributed by atoms with Gasteiger partial charge in [0.25, 0.3) is 0 Å². The van der Waals surface area contributed by atoms with Gasteiger partial charge in [-0.05, 0) is 47.6 Å². The fraction of sp³-hybridized carbons (Fsp3) is 0.471. The lowest BCUT2D eigenvalue weighted by Crippen LogP contribution is -2.44. The predicted octanol–water partition coefficient (Wildman–Crippen LogP) is 3.89. The highest BCUT2D eigenvalue weighted by Gasteiger charge is 2.19. The van der Waals surface area contributed by atoms with Gasteiger partial charge in [0, 0.05) is 24.3 Å². The van der Waals surface area contributed by atoms with Gasteiger partial charge in [0.15, 0.2) is 0 Å². The molecule has 0 aliphatic carbocycles. The number of benzene rings is 1. The second-order valence-corrected chi connectivity index (χ2v) is 6.82. The van der Waals surface area contributed by atoms with Crippen LogP contribution in [0.4, 0.5) is 4.79 Å². The fourth-order valence-electron chi connectivity index (χ4n) is 2.85. The third-order valence-corrected chi connectivity index (χ3v) is 5.31. The number of piperidine rings is 1. The summed E-state index contributed by atoms with van der Waals surface area (Å²) in [5.74, 6) is 0.756. The smallest absolute Gasteiger partial charge is 0.317 e. The molecule has 2 heterocycles. The van der Waals surface area contributed by atoms with E-state index in [1.165, 1.54) is 15.6 Å². The molecule has 0 bridgehead atoms. The second kappa shape index (κ2) is 6.48. The Morgan fingerprint density at radius 2 is 2.10 bits per heavy atom. The Bertz CT molecular complexity index is 614. The average molecular weight is 302 g/mol. The van der Waals surface area contributed by atoms with Crippen LogP contribution in [0.1, 0.15) is 25.3 Å². The van der Waals surface area contributed by atoms with Crippen molar-refractivity contribution in [3.8, 4) is 0 Å². The molecule has 3 rings (SSSR count). The summed E-state index contributed by atoms with van der Waals surface area (Å²) in [6, 6.07) is 8.56. The van der Waals surface area contributed by atoms with Crippen molar-refractivity contribution in [3.63, 3.8) is 0 Å². The Balaban J connectivity index is 1.51. The molecule has 0 atom stereocenters. The summed E-state index contributed by atoms with van der Waals surface area (Å²) in [7, 11) is 0. The Morgan fingerprint density at radius 1 is 1.33 bits per heavy atom. The van der Waals surface area contributed by atoms with Crippen molar-refractivity contribution in [2.24, 2.45) is 5.92 Å². The summed E-state index contributed by atoms with van der Waals surface area (Å²) in [5, 5.41) is 6.59. The molecule has 1 saturated heterocycles. The number of hydrogen-bond acceptors (Lipinski definition) is 2. The highest BCUT2D eigenvalue weighted by atomic mass is 32.1. The van der Waals surface area contributed by atoms with E-state index in [0.717, 1.165) is 38.3 Å². The Kier molecular flexibility index (Phi) is 4.44. The van der Waals surface area contributed by atoms with Gasteiger partial charge in [0.1, 0.15) is 0 Å². The van der Waals surface area contributed by atoms with Crippen LogP contribution >= 0.6 is 11.3 Å². The van der Waals surface area contributed by atoms with E-state index in [1.807, 2.05) is 4.90 Å². The van der Waals surface area contributed by atoms with E-state index in [1.54, 1.807) is 11.3 Å². The molecule has 1 N–H and O–H groups in total.